The van der Waals surface area contributed by atoms with Gasteiger partial charge in [-0.05, 0) is 90.5 Å². The van der Waals surface area contributed by atoms with E-state index in [0.29, 0.717) is 58.7 Å². The molecule has 2 fully saturated rings. The molecule has 0 bridgehead atoms. The van der Waals surface area contributed by atoms with Crippen LogP contribution in [0.2, 0.25) is 0 Å². The van der Waals surface area contributed by atoms with Crippen LogP contribution in [0.15, 0.2) is 66.1 Å². The number of ether oxygens (including phenoxy) is 3. The number of amides is 5. The van der Waals surface area contributed by atoms with Crippen molar-refractivity contribution in [3.05, 3.63) is 66.1 Å². The highest BCUT2D eigenvalue weighted by Crippen LogP contribution is 2.46. The summed E-state index contributed by atoms with van der Waals surface area (Å²) in [6, 6.07) is 11.6. The molecule has 17 nitrogen and oxygen atoms in total. The largest absolute Gasteiger partial charge is 0.497 e. The highest BCUT2D eigenvalue weighted by molar-refractivity contribution is 7.14. The lowest BCUT2D eigenvalue weighted by atomic mass is 10.0. The summed E-state index contributed by atoms with van der Waals surface area (Å²) < 4.78 is 17.9. The van der Waals surface area contributed by atoms with E-state index in [1.54, 1.807) is 84.2 Å². The second-order valence-corrected chi connectivity index (χ2v) is 19.8. The topological polar surface area (TPSA) is 219 Å². The number of Topliss-reactive ketones (excluding diaryl/α,β-unsaturated/α-hetero) is 1. The Labute approximate surface area is 394 Å². The van der Waals surface area contributed by atoms with Gasteiger partial charge in [-0.3, -0.25) is 24.0 Å². The van der Waals surface area contributed by atoms with Crippen molar-refractivity contribution in [3.63, 3.8) is 0 Å². The lowest BCUT2D eigenvalue weighted by molar-refractivity contribution is -0.143. The standard InChI is InChI=1S/C49H60N8O9S/c1-27(2)41(55-47(63)66-48(5,6)7)45(62)57-25-31(65-39-23-36(37-26-67-46(54-37)50-28(3)4)51-35-21-30(64-8)19-20-32(35)39)22-38(57)43(60)56-49-24-29(49)15-11-9-10-12-18-40(58)52-33-16-13-14-17-34(33)53-44(61)42(49)59/h11,13-17,19-21,23,26-29,31,38,41H,9-10,12,18,22,24-25H2,1-8H3,(H,50,54)(H,52,58)(H,53,61)(H,55,63)(H,56,60)/b15-11+/t29?,31-,38-,41+,49?/m0/s1. The first-order chi connectivity index (χ1) is 31.8. The van der Waals surface area contributed by atoms with E-state index in [2.05, 4.69) is 26.6 Å². The van der Waals surface area contributed by atoms with Crippen molar-refractivity contribution in [1.29, 1.82) is 0 Å². The van der Waals surface area contributed by atoms with Crippen molar-refractivity contribution in [3.8, 4) is 22.9 Å². The summed E-state index contributed by atoms with van der Waals surface area (Å²) in [5.74, 6) is -3.24. The van der Waals surface area contributed by atoms with E-state index in [1.807, 2.05) is 37.4 Å². The van der Waals surface area contributed by atoms with Gasteiger partial charge >= 0.3 is 6.09 Å². The zero-order valence-electron chi connectivity index (χ0n) is 39.2. The molecule has 18 heteroatoms. The fraction of sp³-hybridized carbons (Fsp3) is 0.469. The number of fused-ring (bicyclic) bond motifs is 3. The molecule has 2 aromatic carbocycles. The summed E-state index contributed by atoms with van der Waals surface area (Å²) in [5.41, 5.74) is -0.186. The third-order valence-electron chi connectivity index (χ3n) is 11.7. The van der Waals surface area contributed by atoms with Gasteiger partial charge in [-0.2, -0.15) is 0 Å². The first-order valence-electron chi connectivity index (χ1n) is 22.8. The lowest BCUT2D eigenvalue weighted by Gasteiger charge is -2.31. The lowest BCUT2D eigenvalue weighted by Crippen LogP contribution is -2.58. The van der Waals surface area contributed by atoms with Gasteiger partial charge in [0.25, 0.3) is 5.91 Å². The van der Waals surface area contributed by atoms with E-state index in [0.717, 1.165) is 5.13 Å². The Kier molecular flexibility index (Phi) is 14.5. The third kappa shape index (κ3) is 11.5. The van der Waals surface area contributed by atoms with Crippen LogP contribution in [0.1, 0.15) is 87.0 Å². The van der Waals surface area contributed by atoms with Crippen LogP contribution < -0.4 is 36.1 Å². The van der Waals surface area contributed by atoms with E-state index in [4.69, 9.17) is 24.2 Å². The fourth-order valence-electron chi connectivity index (χ4n) is 8.31. The van der Waals surface area contributed by atoms with Crippen LogP contribution >= 0.6 is 11.3 Å². The number of benzene rings is 2. The number of allylic oxidation sites excluding steroid dienone is 1. The molecule has 5 amide bonds. The summed E-state index contributed by atoms with van der Waals surface area (Å²) in [6.07, 6.45) is 4.53. The normalized spacial score (nSPS) is 22.0. The molecule has 0 spiro atoms. The molecule has 4 heterocycles. The summed E-state index contributed by atoms with van der Waals surface area (Å²) >= 11 is 1.44. The van der Waals surface area contributed by atoms with Gasteiger partial charge in [-0.25, -0.2) is 14.8 Å². The predicted octanol–water partition coefficient (Wildman–Crippen LogP) is 7.24. The van der Waals surface area contributed by atoms with Crippen LogP contribution in [0.25, 0.3) is 22.3 Å². The van der Waals surface area contributed by atoms with Crippen molar-refractivity contribution in [1.82, 2.24) is 25.5 Å². The number of thiazole rings is 1. The average Bonchev–Trinajstić information content (AvgIpc) is 3.52. The molecule has 1 saturated carbocycles. The molecule has 3 aliphatic rings. The zero-order valence-corrected chi connectivity index (χ0v) is 40.0. The molecule has 356 valence electrons. The first-order valence-corrected chi connectivity index (χ1v) is 23.6. The molecule has 2 aromatic heterocycles. The van der Waals surface area contributed by atoms with Gasteiger partial charge in [-0.15, -0.1) is 11.3 Å². The van der Waals surface area contributed by atoms with Gasteiger partial charge in [0.05, 0.1) is 36.2 Å². The fourth-order valence-corrected chi connectivity index (χ4v) is 9.16. The molecule has 5 atom stereocenters. The number of para-hydroxylation sites is 2. The Morgan fingerprint density at radius 3 is 2.40 bits per heavy atom. The maximum absolute atomic E-state index is 14.9. The summed E-state index contributed by atoms with van der Waals surface area (Å²) in [4.78, 5) is 94.8. The number of hydrogen-bond acceptors (Lipinski definition) is 13. The number of nitrogens with zero attached hydrogens (tertiary/aromatic N) is 3. The SMILES string of the molecule is COc1ccc2c(O[C@H]3C[C@@H](C(=O)NC45CC4/C=C/CCCCC(=O)Nc4ccccc4NC(=O)C5=O)N(C(=O)[C@H](NC(=O)OC(C)(C)C)C(C)C)C3)cc(-c3csc(NC(C)C)n3)nc2c1. The number of hydrogen-bond donors (Lipinski definition) is 5. The van der Waals surface area contributed by atoms with Crippen LogP contribution in [0.4, 0.5) is 21.3 Å². The smallest absolute Gasteiger partial charge is 0.408 e. The molecular weight excluding hydrogens is 877 g/mol. The Bertz CT molecular complexity index is 2570. The minimum Gasteiger partial charge on any atom is -0.497 e. The Balaban J connectivity index is 1.22. The van der Waals surface area contributed by atoms with Crippen LogP contribution in [0.5, 0.6) is 11.5 Å². The van der Waals surface area contributed by atoms with Gasteiger partial charge in [0.1, 0.15) is 46.5 Å². The number of ketones is 1. The van der Waals surface area contributed by atoms with Crippen LogP contribution in [-0.4, -0.2) is 99.4 Å². The van der Waals surface area contributed by atoms with Crippen LogP contribution in [-0.2, 0) is 28.7 Å². The molecule has 2 aliphatic heterocycles. The Morgan fingerprint density at radius 2 is 1.70 bits per heavy atom. The molecule has 1 aliphatic carbocycles. The van der Waals surface area contributed by atoms with Crippen molar-refractivity contribution in [2.24, 2.45) is 11.8 Å². The molecule has 7 rings (SSSR count). The Hall–Kier alpha value is -6.56. The third-order valence-corrected chi connectivity index (χ3v) is 12.5. The maximum Gasteiger partial charge on any atom is 0.408 e. The number of pyridine rings is 1. The number of nitrogens with one attached hydrogen (secondary N) is 5. The first kappa shape index (κ1) is 48.4. The summed E-state index contributed by atoms with van der Waals surface area (Å²) in [5, 5.41) is 17.7. The number of carbonyl (C=O) groups is 6. The number of anilines is 3. The second kappa shape index (κ2) is 20.1. The monoisotopic (exact) mass is 936 g/mol. The van der Waals surface area contributed by atoms with Crippen LogP contribution in [0.3, 0.4) is 0 Å². The van der Waals surface area contributed by atoms with Crippen molar-refractivity contribution in [2.45, 2.75) is 122 Å². The number of rotatable bonds is 11. The van der Waals surface area contributed by atoms with Crippen LogP contribution in [0, 0.1) is 11.8 Å². The highest BCUT2D eigenvalue weighted by Gasteiger charge is 2.62. The van der Waals surface area contributed by atoms with E-state index in [1.165, 1.54) is 16.2 Å². The minimum atomic E-state index is -1.62. The highest BCUT2D eigenvalue weighted by atomic mass is 32.1. The molecule has 4 aromatic rings. The molecule has 2 unspecified atom stereocenters. The Morgan fingerprint density at radius 1 is 0.955 bits per heavy atom. The quantitative estimate of drug-likeness (QED) is 0.0743. The van der Waals surface area contributed by atoms with Crippen molar-refractivity contribution in [2.75, 3.05) is 29.6 Å². The van der Waals surface area contributed by atoms with E-state index in [-0.39, 0.29) is 43.4 Å². The van der Waals surface area contributed by atoms with E-state index < -0.39 is 70.8 Å². The minimum absolute atomic E-state index is 0.00661. The van der Waals surface area contributed by atoms with Gasteiger partial charge < -0.3 is 45.7 Å². The summed E-state index contributed by atoms with van der Waals surface area (Å²) in [7, 11) is 1.56. The van der Waals surface area contributed by atoms with Gasteiger partial charge in [0, 0.05) is 47.7 Å². The predicted molar refractivity (Wildman–Crippen MR) is 256 cm³/mol. The maximum atomic E-state index is 14.9. The van der Waals surface area contributed by atoms with Gasteiger partial charge in [0.15, 0.2) is 5.13 Å². The second-order valence-electron chi connectivity index (χ2n) is 18.9. The van der Waals surface area contributed by atoms with Gasteiger partial charge in [0.2, 0.25) is 23.5 Å². The molecule has 0 radical (unpaired) electrons. The summed E-state index contributed by atoms with van der Waals surface area (Å²) in [6.45, 7) is 12.7. The van der Waals surface area contributed by atoms with E-state index >= 15 is 0 Å². The molecule has 5 N–H and O–H groups in total. The molecular formula is C49H60N8O9S. The number of aromatic nitrogens is 2. The van der Waals surface area contributed by atoms with Gasteiger partial charge in [-0.1, -0.05) is 38.1 Å². The van der Waals surface area contributed by atoms with Crippen molar-refractivity contribution < 1.29 is 43.0 Å². The number of likely N-dealkylation sites (tertiary alicyclic amines) is 1. The molecule has 1 saturated heterocycles. The van der Waals surface area contributed by atoms with Crippen molar-refractivity contribution >= 4 is 74.3 Å². The van der Waals surface area contributed by atoms with E-state index in [9.17, 15) is 28.8 Å². The zero-order chi connectivity index (χ0) is 48.2. The number of methoxy groups -OCH3 is 1. The molecule has 67 heavy (non-hydrogen) atoms. The number of alkyl carbamates (subject to hydrolysis) is 1. The number of carbonyl (C=O) groups excluding carboxylic acids is 6. The average molecular weight is 937 g/mol.